The number of thioether (sulfide) groups is 1. The maximum Gasteiger partial charge on any atom is 0.350 e. The molecule has 3 heterocycles. The number of anilines is 1. The van der Waals surface area contributed by atoms with Crippen molar-refractivity contribution in [3.05, 3.63) is 58.6 Å². The van der Waals surface area contributed by atoms with Crippen molar-refractivity contribution >= 4 is 39.2 Å². The molecule has 1 aromatic carbocycles. The Labute approximate surface area is 238 Å². The lowest BCUT2D eigenvalue weighted by atomic mass is 10.1. The molecule has 214 valence electrons. The standard InChI is InChI=1S/C28H43N3O5SSi2/c1-17(2)38(18(3)4)35-16-22-25(36-39(38,19(5)6)20(7)8)24(32)27(37-22)31-15-14-23(30-28(31)34)29-26(33)21-12-10-9-11-13-21/h9-15,17-20,22,24-25,27,32H,16H2,1-8H3,(H,29,30,33,34)/t22-,24+,25-,27-/m1/s1. The zero-order valence-electron chi connectivity index (χ0n) is 24.3. The summed E-state index contributed by atoms with van der Waals surface area (Å²) < 4.78 is 15.9. The van der Waals surface area contributed by atoms with Crippen molar-refractivity contribution in [3.63, 3.8) is 0 Å². The van der Waals surface area contributed by atoms with Gasteiger partial charge in [-0.3, -0.25) is 9.36 Å². The van der Waals surface area contributed by atoms with Crippen molar-refractivity contribution in [1.29, 1.82) is 0 Å². The van der Waals surface area contributed by atoms with Gasteiger partial charge in [-0.15, -0.1) is 11.8 Å². The topological polar surface area (TPSA) is 103 Å². The number of carbonyl (C=O) groups excluding carboxylic acids is 1. The van der Waals surface area contributed by atoms with E-state index in [-0.39, 0.29) is 17.0 Å². The number of aromatic nitrogens is 2. The van der Waals surface area contributed by atoms with Gasteiger partial charge in [0, 0.05) is 18.4 Å². The van der Waals surface area contributed by atoms with Crippen LogP contribution < -0.4 is 11.0 Å². The second-order valence-corrected chi connectivity index (χ2v) is 26.3. The van der Waals surface area contributed by atoms with Crippen molar-refractivity contribution in [2.24, 2.45) is 0 Å². The van der Waals surface area contributed by atoms with Crippen LogP contribution in [-0.4, -0.2) is 60.3 Å². The quantitative estimate of drug-likeness (QED) is 0.412. The molecule has 2 fully saturated rings. The molecule has 0 spiro atoms. The maximum absolute atomic E-state index is 13.1. The van der Waals surface area contributed by atoms with E-state index in [4.69, 9.17) is 8.85 Å². The Balaban J connectivity index is 1.63. The van der Waals surface area contributed by atoms with Crippen LogP contribution in [0.5, 0.6) is 0 Å². The fourth-order valence-electron chi connectivity index (χ4n) is 7.08. The van der Waals surface area contributed by atoms with E-state index in [1.807, 2.05) is 6.07 Å². The summed E-state index contributed by atoms with van der Waals surface area (Å²) in [5, 5.41) is 13.7. The van der Waals surface area contributed by atoms with E-state index in [9.17, 15) is 14.7 Å². The Hall–Kier alpha value is -1.77. The van der Waals surface area contributed by atoms with Gasteiger partial charge in [0.05, 0.1) is 11.4 Å². The fourth-order valence-corrected chi connectivity index (χ4v) is 30.6. The van der Waals surface area contributed by atoms with Gasteiger partial charge < -0.3 is 19.3 Å². The van der Waals surface area contributed by atoms with E-state index in [2.05, 4.69) is 65.7 Å². The summed E-state index contributed by atoms with van der Waals surface area (Å²) in [7, 11) is -4.91. The molecule has 1 amide bonds. The van der Waals surface area contributed by atoms with Gasteiger partial charge in [0.2, 0.25) is 15.7 Å². The van der Waals surface area contributed by atoms with Gasteiger partial charge >= 0.3 is 5.69 Å². The molecule has 4 atom stereocenters. The average Bonchev–Trinajstić information content (AvgIpc) is 3.07. The molecule has 11 heteroatoms. The molecule has 0 radical (unpaired) electrons. The predicted molar refractivity (Wildman–Crippen MR) is 162 cm³/mol. The molecule has 1 aromatic heterocycles. The van der Waals surface area contributed by atoms with Gasteiger partial charge in [-0.1, -0.05) is 73.6 Å². The van der Waals surface area contributed by atoms with Gasteiger partial charge in [0.15, 0.2) is 0 Å². The minimum Gasteiger partial charge on any atom is -0.415 e. The monoisotopic (exact) mass is 589 g/mol. The second-order valence-electron chi connectivity index (χ2n) is 12.0. The number of carbonyl (C=O) groups is 1. The Morgan fingerprint density at radius 3 is 2.13 bits per heavy atom. The summed E-state index contributed by atoms with van der Waals surface area (Å²) in [5.41, 5.74) is 1.36. The molecule has 0 unspecified atom stereocenters. The van der Waals surface area contributed by atoms with Crippen molar-refractivity contribution in [2.75, 3.05) is 11.9 Å². The first-order valence-electron chi connectivity index (χ1n) is 14.0. The van der Waals surface area contributed by atoms with E-state index < -0.39 is 38.9 Å². The zero-order chi connectivity index (χ0) is 28.7. The average molecular weight is 590 g/mol. The van der Waals surface area contributed by atoms with E-state index in [0.29, 0.717) is 34.3 Å². The summed E-state index contributed by atoms with van der Waals surface area (Å²) >= 11 is 1.53. The molecule has 2 aliphatic rings. The summed E-state index contributed by atoms with van der Waals surface area (Å²) in [5.74, 6) is -0.165. The SMILES string of the molecule is CC(C)[Si]1(C(C)C)OC[C@H]2S[C@@H](n3ccc(NC(=O)c4ccccc4)nc3=O)[C@@H](O)[C@@H]2O[Si]1(C(C)C)C(C)C. The molecule has 4 rings (SSSR count). The molecule has 39 heavy (non-hydrogen) atoms. The molecular formula is C28H43N3O5SSi2. The number of hydrogen-bond donors (Lipinski definition) is 2. The summed E-state index contributed by atoms with van der Waals surface area (Å²) in [6.07, 6.45) is 0.286. The van der Waals surface area contributed by atoms with E-state index in [1.165, 1.54) is 16.3 Å². The van der Waals surface area contributed by atoms with Crippen molar-refractivity contribution < 1.29 is 18.8 Å². The van der Waals surface area contributed by atoms with Gasteiger partial charge in [0.25, 0.3) is 5.91 Å². The van der Waals surface area contributed by atoms with E-state index in [1.54, 1.807) is 36.5 Å². The number of benzene rings is 1. The van der Waals surface area contributed by atoms with E-state index >= 15 is 0 Å². The lowest BCUT2D eigenvalue weighted by Gasteiger charge is -2.54. The smallest absolute Gasteiger partial charge is 0.350 e. The Kier molecular flexibility index (Phi) is 8.99. The molecular weight excluding hydrogens is 547 g/mol. The molecule has 8 nitrogen and oxygen atoms in total. The van der Waals surface area contributed by atoms with Gasteiger partial charge in [-0.25, -0.2) is 4.79 Å². The molecule has 2 N–H and O–H groups in total. The Morgan fingerprint density at radius 1 is 1.00 bits per heavy atom. The van der Waals surface area contributed by atoms with Crippen LogP contribution in [0.2, 0.25) is 22.2 Å². The highest BCUT2D eigenvalue weighted by Gasteiger charge is 2.69. The fraction of sp³-hybridized carbons (Fsp3) is 0.607. The van der Waals surface area contributed by atoms with Crippen molar-refractivity contribution in [2.45, 2.75) is 100 Å². The highest BCUT2D eigenvalue weighted by Crippen LogP contribution is 2.56. The first kappa shape index (κ1) is 30.2. The third kappa shape index (κ3) is 5.10. The van der Waals surface area contributed by atoms with Crippen LogP contribution in [0.1, 0.15) is 71.1 Å². The lowest BCUT2D eigenvalue weighted by Crippen LogP contribution is -2.73. The molecule has 2 aliphatic heterocycles. The van der Waals surface area contributed by atoms with Crippen LogP contribution in [0.25, 0.3) is 0 Å². The number of amides is 1. The first-order chi connectivity index (χ1) is 18.4. The number of hydrogen-bond acceptors (Lipinski definition) is 7. The zero-order valence-corrected chi connectivity index (χ0v) is 27.1. The van der Waals surface area contributed by atoms with Crippen LogP contribution in [0, 0.1) is 0 Å². The van der Waals surface area contributed by atoms with Crippen molar-refractivity contribution in [3.8, 4) is 0 Å². The molecule has 2 saturated heterocycles. The van der Waals surface area contributed by atoms with Gasteiger partial charge in [0.1, 0.15) is 17.3 Å². The highest BCUT2D eigenvalue weighted by molar-refractivity contribution is 8.00. The number of nitrogens with zero attached hydrogens (tertiary/aromatic N) is 2. The summed E-state index contributed by atoms with van der Waals surface area (Å²) in [6, 6.07) is 10.4. The minimum absolute atomic E-state index is 0.0920. The summed E-state index contributed by atoms with van der Waals surface area (Å²) in [4.78, 5) is 29.7. The Bertz CT molecular complexity index is 1210. The summed E-state index contributed by atoms with van der Waals surface area (Å²) in [6.45, 7) is 18.7. The first-order valence-corrected chi connectivity index (χ1v) is 20.0. The third-order valence-corrected chi connectivity index (χ3v) is 30.9. The normalized spacial score (nSPS) is 26.2. The maximum atomic E-state index is 13.1. The second kappa shape index (κ2) is 11.6. The minimum atomic E-state index is -2.53. The number of fused-ring (bicyclic) bond motifs is 1. The molecule has 2 aromatic rings. The number of aliphatic hydroxyl groups is 1. The van der Waals surface area contributed by atoms with Crippen LogP contribution in [0.15, 0.2) is 47.4 Å². The highest BCUT2D eigenvalue weighted by atomic mass is 32.2. The predicted octanol–water partition coefficient (Wildman–Crippen LogP) is 5.50. The van der Waals surface area contributed by atoms with Gasteiger partial charge in [-0.05, 0) is 40.4 Å². The molecule has 0 bridgehead atoms. The van der Waals surface area contributed by atoms with Crippen LogP contribution in [0.3, 0.4) is 0 Å². The van der Waals surface area contributed by atoms with Gasteiger partial charge in [-0.2, -0.15) is 4.98 Å². The number of nitrogens with one attached hydrogen (secondary N) is 1. The lowest BCUT2D eigenvalue weighted by molar-refractivity contribution is 0.0257. The van der Waals surface area contributed by atoms with E-state index in [0.717, 1.165) is 0 Å². The van der Waals surface area contributed by atoms with Crippen LogP contribution in [0.4, 0.5) is 5.82 Å². The van der Waals surface area contributed by atoms with Crippen LogP contribution >= 0.6 is 11.8 Å². The van der Waals surface area contributed by atoms with Crippen LogP contribution in [-0.2, 0) is 8.85 Å². The third-order valence-electron chi connectivity index (χ3n) is 8.55. The van der Waals surface area contributed by atoms with Crippen molar-refractivity contribution in [1.82, 2.24) is 9.55 Å². The molecule has 0 aliphatic carbocycles. The Morgan fingerprint density at radius 2 is 1.59 bits per heavy atom. The number of rotatable bonds is 7. The molecule has 0 saturated carbocycles. The largest absolute Gasteiger partial charge is 0.415 e. The number of aliphatic hydroxyl groups excluding tert-OH is 1.